The predicted octanol–water partition coefficient (Wildman–Crippen LogP) is 4.91. The molecule has 0 radical (unpaired) electrons. The maximum atomic E-state index is 11.9. The lowest BCUT2D eigenvalue weighted by atomic mass is 10.1. The van der Waals surface area contributed by atoms with E-state index in [0.29, 0.717) is 6.42 Å². The first-order valence-electron chi connectivity index (χ1n) is 5.19. The van der Waals surface area contributed by atoms with Crippen molar-refractivity contribution in [2.75, 3.05) is 0 Å². The Balaban J connectivity index is 3.28. The van der Waals surface area contributed by atoms with E-state index in [0.717, 1.165) is 25.7 Å². The number of hydrogen-bond acceptors (Lipinski definition) is 0. The van der Waals surface area contributed by atoms with Gasteiger partial charge in [0.15, 0.2) is 0 Å². The van der Waals surface area contributed by atoms with Crippen LogP contribution in [0, 0.1) is 0 Å². The summed E-state index contributed by atoms with van der Waals surface area (Å²) in [5.41, 5.74) is 0. The number of hydrogen-bond donors (Lipinski definition) is 0. The Kier molecular flexibility index (Phi) is 7.42. The van der Waals surface area contributed by atoms with Gasteiger partial charge in [0.1, 0.15) is 5.38 Å². The molecule has 0 aliphatic carbocycles. The molecule has 0 spiro atoms. The molecule has 0 aliphatic rings. The van der Waals surface area contributed by atoms with Gasteiger partial charge in [0.05, 0.1) is 0 Å². The molecular weight excluding hydrogens is 213 g/mol. The molecule has 0 bridgehead atoms. The van der Waals surface area contributed by atoms with Crippen LogP contribution in [0.3, 0.4) is 0 Å². The van der Waals surface area contributed by atoms with Crippen molar-refractivity contribution in [1.82, 2.24) is 0 Å². The summed E-state index contributed by atoms with van der Waals surface area (Å²) in [7, 11) is 0. The third kappa shape index (κ3) is 7.48. The second kappa shape index (κ2) is 7.38. The minimum absolute atomic E-state index is 0.0528. The first kappa shape index (κ1) is 14.1. The highest BCUT2D eigenvalue weighted by Crippen LogP contribution is 2.28. The smallest absolute Gasteiger partial charge is 0.169 e. The molecule has 1 atom stereocenters. The van der Waals surface area contributed by atoms with E-state index < -0.39 is 11.6 Å². The number of unbranched alkanes of at least 4 members (excludes halogenated alkanes) is 5. The third-order valence-corrected chi connectivity index (χ3v) is 2.63. The van der Waals surface area contributed by atoms with Crippen LogP contribution in [-0.4, -0.2) is 11.6 Å². The fraction of sp³-hybridized carbons (Fsp3) is 1.00. The highest BCUT2D eigenvalue weighted by atomic mass is 35.5. The van der Waals surface area contributed by atoms with Crippen LogP contribution in [0.5, 0.6) is 0 Å². The van der Waals surface area contributed by atoms with Gasteiger partial charge in [0.25, 0.3) is 0 Å². The van der Waals surface area contributed by atoms with Crippen LogP contribution in [0.25, 0.3) is 0 Å². The molecule has 0 amide bonds. The van der Waals surface area contributed by atoms with Gasteiger partial charge in [0, 0.05) is 0 Å². The Bertz CT molecular complexity index is 134. The van der Waals surface area contributed by atoms with Gasteiger partial charge < -0.3 is 0 Å². The van der Waals surface area contributed by atoms with Crippen LogP contribution >= 0.6 is 11.6 Å². The SMILES string of the molecule is CCCCCCCCC(Cl)C(F)(F)F. The Morgan fingerprint density at radius 3 is 2.00 bits per heavy atom. The van der Waals surface area contributed by atoms with Crippen molar-refractivity contribution in [1.29, 1.82) is 0 Å². The van der Waals surface area contributed by atoms with Crippen molar-refractivity contribution in [3.05, 3.63) is 0 Å². The van der Waals surface area contributed by atoms with Crippen molar-refractivity contribution in [2.45, 2.75) is 63.4 Å². The standard InChI is InChI=1S/C10H18ClF3/c1-2-3-4-5-6-7-8-9(11)10(12,13)14/h9H,2-8H2,1H3. The second-order valence-electron chi connectivity index (χ2n) is 3.57. The normalized spacial score (nSPS) is 14.4. The third-order valence-electron chi connectivity index (χ3n) is 2.17. The van der Waals surface area contributed by atoms with Gasteiger partial charge in [-0.05, 0) is 6.42 Å². The molecule has 0 fully saturated rings. The van der Waals surface area contributed by atoms with Crippen molar-refractivity contribution >= 4 is 11.6 Å². The maximum absolute atomic E-state index is 11.9. The topological polar surface area (TPSA) is 0 Å². The van der Waals surface area contributed by atoms with Crippen molar-refractivity contribution in [3.8, 4) is 0 Å². The van der Waals surface area contributed by atoms with Gasteiger partial charge in [-0.15, -0.1) is 11.6 Å². The summed E-state index contributed by atoms with van der Waals surface area (Å²) in [5.74, 6) is 0. The van der Waals surface area contributed by atoms with Crippen LogP contribution < -0.4 is 0 Å². The molecule has 0 nitrogen and oxygen atoms in total. The fourth-order valence-electron chi connectivity index (χ4n) is 1.27. The zero-order valence-electron chi connectivity index (χ0n) is 8.54. The minimum atomic E-state index is -4.23. The van der Waals surface area contributed by atoms with E-state index in [4.69, 9.17) is 11.6 Å². The number of rotatable bonds is 7. The Labute approximate surface area is 88.8 Å². The van der Waals surface area contributed by atoms with Crippen LogP contribution in [0.4, 0.5) is 13.2 Å². The summed E-state index contributed by atoms with van der Waals surface area (Å²) in [5, 5.41) is -1.66. The van der Waals surface area contributed by atoms with Crippen LogP contribution in [0.2, 0.25) is 0 Å². The van der Waals surface area contributed by atoms with Crippen LogP contribution in [-0.2, 0) is 0 Å². The van der Waals surface area contributed by atoms with Crippen molar-refractivity contribution in [2.24, 2.45) is 0 Å². The lowest BCUT2D eigenvalue weighted by Crippen LogP contribution is -2.22. The summed E-state index contributed by atoms with van der Waals surface area (Å²) in [6.07, 6.45) is 1.73. The van der Waals surface area contributed by atoms with E-state index in [9.17, 15) is 13.2 Å². The van der Waals surface area contributed by atoms with E-state index in [1.807, 2.05) is 0 Å². The van der Waals surface area contributed by atoms with E-state index in [1.54, 1.807) is 0 Å². The minimum Gasteiger partial charge on any atom is -0.169 e. The molecule has 1 unspecified atom stereocenters. The molecule has 0 heterocycles. The summed E-state index contributed by atoms with van der Waals surface area (Å²) >= 11 is 5.17. The van der Waals surface area contributed by atoms with Crippen molar-refractivity contribution in [3.63, 3.8) is 0 Å². The number of halogens is 4. The Morgan fingerprint density at radius 2 is 1.50 bits per heavy atom. The summed E-state index contributed by atoms with van der Waals surface area (Å²) in [4.78, 5) is 0. The molecule has 0 aromatic carbocycles. The highest BCUT2D eigenvalue weighted by molar-refractivity contribution is 6.21. The first-order valence-corrected chi connectivity index (χ1v) is 5.63. The zero-order valence-corrected chi connectivity index (χ0v) is 9.29. The summed E-state index contributed by atoms with van der Waals surface area (Å²) in [6, 6.07) is 0. The Morgan fingerprint density at radius 1 is 1.00 bits per heavy atom. The molecule has 0 saturated heterocycles. The van der Waals surface area contributed by atoms with E-state index in [1.165, 1.54) is 6.42 Å². The fourth-order valence-corrected chi connectivity index (χ4v) is 1.42. The molecule has 0 aliphatic heterocycles. The van der Waals surface area contributed by atoms with Gasteiger partial charge in [0.2, 0.25) is 0 Å². The molecule has 0 N–H and O–H groups in total. The lowest BCUT2D eigenvalue weighted by molar-refractivity contribution is -0.131. The molecule has 0 rings (SSSR count). The molecule has 0 aromatic heterocycles. The van der Waals surface area contributed by atoms with E-state index in [2.05, 4.69) is 6.92 Å². The average Bonchev–Trinajstić information content (AvgIpc) is 2.09. The van der Waals surface area contributed by atoms with Gasteiger partial charge in [-0.25, -0.2) is 0 Å². The average molecular weight is 231 g/mol. The maximum Gasteiger partial charge on any atom is 0.404 e. The molecule has 4 heteroatoms. The first-order chi connectivity index (χ1) is 6.48. The number of alkyl halides is 4. The van der Waals surface area contributed by atoms with Gasteiger partial charge in [-0.1, -0.05) is 45.4 Å². The van der Waals surface area contributed by atoms with E-state index in [-0.39, 0.29) is 6.42 Å². The molecule has 0 saturated carbocycles. The van der Waals surface area contributed by atoms with E-state index >= 15 is 0 Å². The predicted molar refractivity (Wildman–Crippen MR) is 53.7 cm³/mol. The monoisotopic (exact) mass is 230 g/mol. The second-order valence-corrected chi connectivity index (χ2v) is 4.09. The summed E-state index contributed by atoms with van der Waals surface area (Å²) in [6.45, 7) is 2.11. The quantitative estimate of drug-likeness (QED) is 0.431. The zero-order chi connectivity index (χ0) is 11.0. The van der Waals surface area contributed by atoms with Crippen molar-refractivity contribution < 1.29 is 13.2 Å². The highest BCUT2D eigenvalue weighted by Gasteiger charge is 2.37. The lowest BCUT2D eigenvalue weighted by Gasteiger charge is -2.12. The van der Waals surface area contributed by atoms with Gasteiger partial charge in [-0.3, -0.25) is 0 Å². The van der Waals surface area contributed by atoms with Gasteiger partial charge >= 0.3 is 6.18 Å². The molecule has 86 valence electrons. The molecule has 14 heavy (non-hydrogen) atoms. The Hall–Kier alpha value is 0.0800. The molecule has 0 aromatic rings. The molecular formula is C10H18ClF3. The van der Waals surface area contributed by atoms with Crippen LogP contribution in [0.15, 0.2) is 0 Å². The largest absolute Gasteiger partial charge is 0.404 e. The van der Waals surface area contributed by atoms with Crippen LogP contribution in [0.1, 0.15) is 51.9 Å². The van der Waals surface area contributed by atoms with Gasteiger partial charge in [-0.2, -0.15) is 13.2 Å². The summed E-state index contributed by atoms with van der Waals surface area (Å²) < 4.78 is 35.8.